The lowest BCUT2D eigenvalue weighted by Gasteiger charge is -2.11. The molecule has 116 valence electrons. The molecule has 23 heavy (non-hydrogen) atoms. The summed E-state index contributed by atoms with van der Waals surface area (Å²) in [6.07, 6.45) is 0. The van der Waals surface area contributed by atoms with Gasteiger partial charge in [-0.1, -0.05) is 45.7 Å². The molecule has 2 N–H and O–H groups in total. The molecule has 0 amide bonds. The number of nitrogens with zero attached hydrogens (tertiary/aromatic N) is 2. The maximum Gasteiger partial charge on any atom is 0.136 e. The van der Waals surface area contributed by atoms with Crippen LogP contribution in [0.25, 0.3) is 0 Å². The highest BCUT2D eigenvalue weighted by Gasteiger charge is 2.05. The van der Waals surface area contributed by atoms with Crippen LogP contribution in [0.3, 0.4) is 0 Å². The molecule has 6 heteroatoms. The number of aromatic nitrogens is 2. The summed E-state index contributed by atoms with van der Waals surface area (Å²) in [4.78, 5) is 8.81. The fourth-order valence-electron chi connectivity index (χ4n) is 2.11. The van der Waals surface area contributed by atoms with Crippen molar-refractivity contribution < 1.29 is 0 Å². The van der Waals surface area contributed by atoms with Gasteiger partial charge in [-0.15, -0.1) is 0 Å². The van der Waals surface area contributed by atoms with Crippen LogP contribution in [0.15, 0.2) is 59.1 Å². The lowest BCUT2D eigenvalue weighted by molar-refractivity contribution is 1.06. The van der Waals surface area contributed by atoms with E-state index in [0.29, 0.717) is 22.5 Å². The van der Waals surface area contributed by atoms with Crippen molar-refractivity contribution in [1.82, 2.24) is 9.97 Å². The van der Waals surface area contributed by atoms with Crippen molar-refractivity contribution in [2.75, 3.05) is 10.6 Å². The average Bonchev–Trinajstić information content (AvgIpc) is 2.49. The van der Waals surface area contributed by atoms with E-state index in [9.17, 15) is 0 Å². The number of aryl methyl sites for hydroxylation is 1. The second kappa shape index (κ2) is 6.98. The summed E-state index contributed by atoms with van der Waals surface area (Å²) in [5.41, 5.74) is 1.75. The highest BCUT2D eigenvalue weighted by Crippen LogP contribution is 2.26. The zero-order valence-corrected chi connectivity index (χ0v) is 14.7. The third-order valence-corrected chi connectivity index (χ3v) is 3.89. The number of halogens is 2. The van der Waals surface area contributed by atoms with Crippen molar-refractivity contribution in [2.24, 2.45) is 0 Å². The molecule has 0 unspecified atom stereocenters. The Morgan fingerprint density at radius 1 is 0.913 bits per heavy atom. The molecular weight excluding hydrogens is 376 g/mol. The summed E-state index contributed by atoms with van der Waals surface area (Å²) >= 11 is 9.63. The van der Waals surface area contributed by atoms with Gasteiger partial charge in [0.1, 0.15) is 17.5 Å². The second-order valence-corrected chi connectivity index (χ2v) is 6.25. The minimum Gasteiger partial charge on any atom is -0.340 e. The number of hydrogen-bond donors (Lipinski definition) is 2. The standard InChI is InChI=1S/C17H14BrClN4/c1-11-20-16(22-13-6-4-5-12(18)9-13)10-17(21-11)23-15-8-3-2-7-14(15)19/h2-10H,1H3,(H2,20,21,22,23). The zero-order chi connectivity index (χ0) is 16.2. The summed E-state index contributed by atoms with van der Waals surface area (Å²) in [7, 11) is 0. The van der Waals surface area contributed by atoms with E-state index < -0.39 is 0 Å². The molecule has 2 aromatic carbocycles. The molecule has 0 saturated carbocycles. The van der Waals surface area contributed by atoms with Crippen LogP contribution >= 0.6 is 27.5 Å². The van der Waals surface area contributed by atoms with Crippen LogP contribution in [0.2, 0.25) is 5.02 Å². The van der Waals surface area contributed by atoms with Crippen molar-refractivity contribution in [3.05, 3.63) is 69.9 Å². The molecule has 0 aliphatic heterocycles. The predicted molar refractivity (Wildman–Crippen MR) is 98.9 cm³/mol. The van der Waals surface area contributed by atoms with Gasteiger partial charge in [0.25, 0.3) is 0 Å². The molecule has 3 rings (SSSR count). The van der Waals surface area contributed by atoms with Gasteiger partial charge in [-0.05, 0) is 37.3 Å². The van der Waals surface area contributed by atoms with Crippen molar-refractivity contribution >= 4 is 50.5 Å². The van der Waals surface area contributed by atoms with E-state index in [-0.39, 0.29) is 0 Å². The summed E-state index contributed by atoms with van der Waals surface area (Å²) in [5.74, 6) is 2.06. The number of rotatable bonds is 4. The maximum atomic E-state index is 6.17. The molecule has 1 heterocycles. The number of nitrogens with one attached hydrogen (secondary N) is 2. The highest BCUT2D eigenvalue weighted by atomic mass is 79.9. The fourth-order valence-corrected chi connectivity index (χ4v) is 2.69. The Labute approximate surface area is 148 Å². The third kappa shape index (κ3) is 4.21. The smallest absolute Gasteiger partial charge is 0.136 e. The van der Waals surface area contributed by atoms with E-state index in [4.69, 9.17) is 11.6 Å². The lowest BCUT2D eigenvalue weighted by atomic mass is 10.3. The molecule has 1 aromatic heterocycles. The Kier molecular flexibility index (Phi) is 4.79. The molecule has 3 aromatic rings. The highest BCUT2D eigenvalue weighted by molar-refractivity contribution is 9.10. The molecule has 0 bridgehead atoms. The average molecular weight is 390 g/mol. The second-order valence-electron chi connectivity index (χ2n) is 4.93. The van der Waals surface area contributed by atoms with Gasteiger partial charge in [0.2, 0.25) is 0 Å². The number of anilines is 4. The largest absolute Gasteiger partial charge is 0.340 e. The normalized spacial score (nSPS) is 10.4. The van der Waals surface area contributed by atoms with Crippen LogP contribution in [0, 0.1) is 6.92 Å². The zero-order valence-electron chi connectivity index (χ0n) is 12.3. The lowest BCUT2D eigenvalue weighted by Crippen LogP contribution is -2.01. The molecule has 0 saturated heterocycles. The number of para-hydroxylation sites is 1. The molecule has 0 spiro atoms. The van der Waals surface area contributed by atoms with Crippen molar-refractivity contribution in [3.8, 4) is 0 Å². The molecule has 0 aliphatic rings. The summed E-state index contributed by atoms with van der Waals surface area (Å²) in [6.45, 7) is 1.85. The van der Waals surface area contributed by atoms with Crippen LogP contribution in [0.1, 0.15) is 5.82 Å². The van der Waals surface area contributed by atoms with Gasteiger partial charge >= 0.3 is 0 Å². The SMILES string of the molecule is Cc1nc(Nc2cccc(Br)c2)cc(Nc2ccccc2Cl)n1. The first-order valence-corrected chi connectivity index (χ1v) is 8.17. The molecule has 0 aliphatic carbocycles. The van der Waals surface area contributed by atoms with E-state index in [1.807, 2.05) is 61.5 Å². The summed E-state index contributed by atoms with van der Waals surface area (Å²) in [5, 5.41) is 7.13. The van der Waals surface area contributed by atoms with E-state index in [1.54, 1.807) is 0 Å². The number of hydrogen-bond acceptors (Lipinski definition) is 4. The maximum absolute atomic E-state index is 6.17. The Morgan fingerprint density at radius 2 is 1.65 bits per heavy atom. The van der Waals surface area contributed by atoms with Gasteiger partial charge in [-0.3, -0.25) is 0 Å². The van der Waals surface area contributed by atoms with Crippen LogP contribution in [-0.4, -0.2) is 9.97 Å². The first-order chi connectivity index (χ1) is 11.1. The minimum absolute atomic E-state index is 0.644. The summed E-state index contributed by atoms with van der Waals surface area (Å²) < 4.78 is 1.00. The first-order valence-electron chi connectivity index (χ1n) is 7.00. The van der Waals surface area contributed by atoms with Crippen LogP contribution < -0.4 is 10.6 Å². The van der Waals surface area contributed by atoms with E-state index in [2.05, 4.69) is 36.5 Å². The Balaban J connectivity index is 1.86. The van der Waals surface area contributed by atoms with Crippen molar-refractivity contribution in [2.45, 2.75) is 6.92 Å². The van der Waals surface area contributed by atoms with Gasteiger partial charge in [0.05, 0.1) is 10.7 Å². The fraction of sp³-hybridized carbons (Fsp3) is 0.0588. The van der Waals surface area contributed by atoms with Crippen molar-refractivity contribution in [3.63, 3.8) is 0 Å². The summed E-state index contributed by atoms with van der Waals surface area (Å²) in [6, 6.07) is 17.3. The Bertz CT molecular complexity index is 838. The first kappa shape index (κ1) is 15.8. The predicted octanol–water partition coefficient (Wildman–Crippen LogP) is 5.69. The molecule has 0 radical (unpaired) electrons. The molecule has 4 nitrogen and oxygen atoms in total. The molecule has 0 fully saturated rings. The van der Waals surface area contributed by atoms with Crippen LogP contribution in [-0.2, 0) is 0 Å². The van der Waals surface area contributed by atoms with Gasteiger partial charge in [-0.25, -0.2) is 9.97 Å². The topological polar surface area (TPSA) is 49.8 Å². The quantitative estimate of drug-likeness (QED) is 0.602. The molecular formula is C17H14BrClN4. The third-order valence-electron chi connectivity index (χ3n) is 3.07. The van der Waals surface area contributed by atoms with Crippen LogP contribution in [0.4, 0.5) is 23.0 Å². The van der Waals surface area contributed by atoms with E-state index in [1.165, 1.54) is 0 Å². The monoisotopic (exact) mass is 388 g/mol. The Morgan fingerprint density at radius 3 is 2.39 bits per heavy atom. The Hall–Kier alpha value is -2.11. The van der Waals surface area contributed by atoms with Gasteiger partial charge in [0.15, 0.2) is 0 Å². The number of benzene rings is 2. The van der Waals surface area contributed by atoms with Gasteiger partial charge in [-0.2, -0.15) is 0 Å². The molecule has 0 atom stereocenters. The van der Waals surface area contributed by atoms with E-state index >= 15 is 0 Å². The van der Waals surface area contributed by atoms with Crippen molar-refractivity contribution in [1.29, 1.82) is 0 Å². The van der Waals surface area contributed by atoms with Gasteiger partial charge in [0, 0.05) is 16.2 Å². The van der Waals surface area contributed by atoms with Gasteiger partial charge < -0.3 is 10.6 Å². The minimum atomic E-state index is 0.644. The van der Waals surface area contributed by atoms with E-state index in [0.717, 1.165) is 15.8 Å². The van der Waals surface area contributed by atoms with Crippen LogP contribution in [0.5, 0.6) is 0 Å².